The van der Waals surface area contributed by atoms with Crippen molar-refractivity contribution in [2.75, 3.05) is 19.0 Å². The van der Waals surface area contributed by atoms with Gasteiger partial charge in [-0.25, -0.2) is 0 Å². The highest BCUT2D eigenvalue weighted by molar-refractivity contribution is 8.76. The van der Waals surface area contributed by atoms with Crippen molar-refractivity contribution >= 4 is 33.2 Å². The Kier molecular flexibility index (Phi) is 16.4. The minimum atomic E-state index is -0.818. The van der Waals surface area contributed by atoms with Crippen LogP contribution >= 0.6 is 21.6 Å². The third-order valence-electron chi connectivity index (χ3n) is 19.4. The molecule has 11 nitrogen and oxygen atoms in total. The number of ketones is 2. The molecule has 11 rings (SSSR count). The monoisotopic (exact) mass is 1100 g/mol. The number of nitrogens with one attached hydrogen (secondary N) is 1. The number of phenols is 2. The van der Waals surface area contributed by atoms with E-state index in [0.29, 0.717) is 77.9 Å². The number of aliphatic hydroxyl groups excluding tert-OH is 2. The second-order valence-electron chi connectivity index (χ2n) is 24.6. The molecule has 0 saturated heterocycles. The molecular weight excluding hydrogens is 1030 g/mol. The van der Waals surface area contributed by atoms with Gasteiger partial charge < -0.3 is 46.7 Å². The zero-order valence-corrected chi connectivity index (χ0v) is 47.1. The molecule has 0 unspecified atom stereocenters. The number of rotatable bonds is 4. The Balaban J connectivity index is 0.946. The summed E-state index contributed by atoms with van der Waals surface area (Å²) in [5.74, 6) is 8.83. The first-order chi connectivity index (χ1) is 38.1. The van der Waals surface area contributed by atoms with Crippen LogP contribution in [0.1, 0.15) is 168 Å². The molecule has 10 atom stereocenters. The molecule has 6 aliphatic rings. The summed E-state index contributed by atoms with van der Waals surface area (Å²) in [7, 11) is 3.44. The molecule has 1 aliphatic heterocycles. The van der Waals surface area contributed by atoms with E-state index < -0.39 is 34.6 Å². The Bertz CT molecular complexity index is 3170. The SMILES string of the molecule is C[C@]1(O)CCC[C@H]2C[C@@H](CO)c3ccccc3C[C@H]2[C@@H](C[C@@H]2CC[C@]34CSSCc5cc6c(cc5C(N)N)C#CCc5[nH]ccc5C(=O)C[C@H]6c5cc(ccc5O)CCOc5cc(ccc5O)CCC(=O)/C=C/[C@]2(C[C@@H]3O)C4)C1. The van der Waals surface area contributed by atoms with Crippen LogP contribution in [-0.2, 0) is 36.2 Å². The molecule has 0 radical (unpaired) electrons. The number of aryl methyl sites for hydroxylation is 1. The molecule has 0 amide bonds. The Morgan fingerprint density at radius 1 is 0.873 bits per heavy atom. The van der Waals surface area contributed by atoms with E-state index in [1.807, 2.05) is 31.2 Å². The molecule has 4 aromatic carbocycles. The van der Waals surface area contributed by atoms with Crippen molar-refractivity contribution in [3.8, 4) is 29.1 Å². The number of Topliss-reactive ketones (excluding diaryl/α,β-unsaturated/α-hetero) is 1. The van der Waals surface area contributed by atoms with Crippen molar-refractivity contribution in [3.05, 3.63) is 159 Å². The van der Waals surface area contributed by atoms with Crippen LogP contribution in [0.2, 0.25) is 0 Å². The Hall–Kier alpha value is -5.30. The predicted molar refractivity (Wildman–Crippen MR) is 313 cm³/mol. The van der Waals surface area contributed by atoms with Crippen LogP contribution < -0.4 is 16.2 Å². The minimum absolute atomic E-state index is 0.00429. The number of aromatic amines is 1. The maximum atomic E-state index is 14.4. The van der Waals surface area contributed by atoms with E-state index in [2.05, 4.69) is 53.2 Å². The molecule has 8 bridgehead atoms. The van der Waals surface area contributed by atoms with Crippen LogP contribution in [0.5, 0.6) is 17.2 Å². The van der Waals surface area contributed by atoms with Crippen molar-refractivity contribution in [2.24, 2.45) is 46.0 Å². The number of aromatic nitrogens is 1. The summed E-state index contributed by atoms with van der Waals surface area (Å²) in [5, 5.41) is 58.1. The van der Waals surface area contributed by atoms with Crippen molar-refractivity contribution in [1.29, 1.82) is 0 Å². The van der Waals surface area contributed by atoms with Gasteiger partial charge >= 0.3 is 0 Å². The van der Waals surface area contributed by atoms with Gasteiger partial charge in [0.15, 0.2) is 23.1 Å². The lowest BCUT2D eigenvalue weighted by Gasteiger charge is -2.48. The Morgan fingerprint density at radius 3 is 2.53 bits per heavy atom. The van der Waals surface area contributed by atoms with Crippen LogP contribution in [0.3, 0.4) is 0 Å². The molecule has 10 N–H and O–H groups in total. The van der Waals surface area contributed by atoms with Crippen LogP contribution in [-0.4, -0.2) is 72.8 Å². The average Bonchev–Trinajstić information content (AvgIpc) is 4.20. The number of carbonyl (C=O) groups is 2. The van der Waals surface area contributed by atoms with Crippen molar-refractivity contribution in [1.82, 2.24) is 4.98 Å². The number of nitrogens with two attached hydrogens (primary N) is 2. The number of H-pyrrole nitrogens is 1. The molecular formula is C66H77N3O8S2. The van der Waals surface area contributed by atoms with E-state index in [4.69, 9.17) is 16.2 Å². The van der Waals surface area contributed by atoms with Gasteiger partial charge in [-0.15, -0.1) is 0 Å². The fourth-order valence-corrected chi connectivity index (χ4v) is 18.1. The first kappa shape index (κ1) is 55.6. The summed E-state index contributed by atoms with van der Waals surface area (Å²) in [4.78, 5) is 31.8. The highest BCUT2D eigenvalue weighted by atomic mass is 33.1. The maximum absolute atomic E-state index is 14.4. The minimum Gasteiger partial charge on any atom is -0.508 e. The number of aliphatic hydroxyl groups is 3. The lowest BCUT2D eigenvalue weighted by atomic mass is 9.58. The molecule has 5 aliphatic carbocycles. The third kappa shape index (κ3) is 11.8. The number of benzene rings is 4. The lowest BCUT2D eigenvalue weighted by Crippen LogP contribution is -2.42. The summed E-state index contributed by atoms with van der Waals surface area (Å²) in [6.07, 6.45) is 15.0. The average molecular weight is 1100 g/mol. The number of hydrogen-bond donors (Lipinski definition) is 8. The van der Waals surface area contributed by atoms with Crippen LogP contribution in [0, 0.1) is 46.3 Å². The van der Waals surface area contributed by atoms with Gasteiger partial charge in [-0.2, -0.15) is 0 Å². The summed E-state index contributed by atoms with van der Waals surface area (Å²) in [6, 6.07) is 25.2. The smallest absolute Gasteiger partial charge is 0.165 e. The predicted octanol–water partition coefficient (Wildman–Crippen LogP) is 11.1. The van der Waals surface area contributed by atoms with Gasteiger partial charge in [0.25, 0.3) is 0 Å². The molecule has 5 aromatic rings. The molecule has 3 saturated carbocycles. The highest BCUT2D eigenvalue weighted by Gasteiger charge is 2.59. The van der Waals surface area contributed by atoms with Gasteiger partial charge in [0.05, 0.1) is 30.9 Å². The quantitative estimate of drug-likeness (QED) is 0.0480. The summed E-state index contributed by atoms with van der Waals surface area (Å²) in [5.41, 5.74) is 20.8. The first-order valence-corrected chi connectivity index (χ1v) is 31.3. The van der Waals surface area contributed by atoms with E-state index in [0.717, 1.165) is 91.3 Å². The molecule has 13 heteroatoms. The van der Waals surface area contributed by atoms with Crippen molar-refractivity contribution in [2.45, 2.75) is 145 Å². The van der Waals surface area contributed by atoms with Crippen LogP contribution in [0.4, 0.5) is 0 Å². The van der Waals surface area contributed by atoms with E-state index in [9.17, 15) is 35.1 Å². The zero-order valence-electron chi connectivity index (χ0n) is 45.4. The molecule has 1 aromatic heterocycles. The maximum Gasteiger partial charge on any atom is 0.165 e. The third-order valence-corrected chi connectivity index (χ3v) is 21.9. The Labute approximate surface area is 473 Å². The highest BCUT2D eigenvalue weighted by Crippen LogP contribution is 2.65. The van der Waals surface area contributed by atoms with Crippen LogP contribution in [0.25, 0.3) is 0 Å². The number of allylic oxidation sites excluding steroid dienone is 2. The number of aromatic hydroxyl groups is 2. The lowest BCUT2D eigenvalue weighted by molar-refractivity contribution is -0.114. The fourth-order valence-electron chi connectivity index (χ4n) is 15.3. The largest absolute Gasteiger partial charge is 0.508 e. The van der Waals surface area contributed by atoms with E-state index >= 15 is 0 Å². The number of carbonyl (C=O) groups excluding carboxylic acids is 2. The molecule has 2 heterocycles. The van der Waals surface area contributed by atoms with E-state index in [1.54, 1.807) is 58.1 Å². The normalized spacial score (nSPS) is 30.7. The topological polar surface area (TPSA) is 212 Å². The zero-order chi connectivity index (χ0) is 55.1. The van der Waals surface area contributed by atoms with Gasteiger partial charge in [0, 0.05) is 83.2 Å². The molecule has 416 valence electrons. The standard InChI is InChI=1S/C66H77N3O8S2/c1-64(76)21-5-8-42-28-46(36-70)50-9-3-2-6-43(50)30-52(42)45(34-64)29-48-17-22-66-38-65(48,35-62(66)75)23-18-49(71)14-11-40-13-16-59(73)61(27-40)77-25-20-41-12-15-58(72)56(26-41)55-33-60(74)51-19-24-69-57(51)10-4-7-44-31-54(63(67)68)47(32-53(44)55)37-78-79-39-66/h2-3,6,9,12-13,15-16,18-19,23-24,26-27,31-32,42,45-46,48,52,55,62-63,69-70,72-73,75-76H,5,8,10-11,14,17,20-22,25,28-30,33-39,67-68H2,1H3/b23-18+/t42-,45-,46-,48-,52+,55+,62-,64-,65-,66-/m0/s1. The van der Waals surface area contributed by atoms with Crippen molar-refractivity contribution < 1.29 is 39.9 Å². The van der Waals surface area contributed by atoms with E-state index in [1.165, 1.54) is 11.1 Å². The fraction of sp³-hybridized carbons (Fsp3) is 0.485. The number of hydrogen-bond acceptors (Lipinski definition) is 12. The van der Waals surface area contributed by atoms with Crippen LogP contribution in [0.15, 0.2) is 97.2 Å². The van der Waals surface area contributed by atoms with E-state index in [-0.39, 0.29) is 66.9 Å². The van der Waals surface area contributed by atoms with Gasteiger partial charge in [-0.05, 0) is 176 Å². The molecule has 0 spiro atoms. The number of fused-ring (bicyclic) bond motifs is 9. The second-order valence-corrected chi connectivity index (χ2v) is 27.0. The number of phenolic OH excluding ortho intramolecular Hbond substituents is 2. The van der Waals surface area contributed by atoms with Crippen molar-refractivity contribution in [3.63, 3.8) is 0 Å². The molecule has 79 heavy (non-hydrogen) atoms. The summed E-state index contributed by atoms with van der Waals surface area (Å²) >= 11 is 0. The number of ether oxygens (including phenoxy) is 1. The summed E-state index contributed by atoms with van der Waals surface area (Å²) in [6.45, 7) is 2.35. The summed E-state index contributed by atoms with van der Waals surface area (Å²) < 4.78 is 6.24. The van der Waals surface area contributed by atoms with Gasteiger partial charge in [-0.3, -0.25) is 9.59 Å². The van der Waals surface area contributed by atoms with Gasteiger partial charge in [0.1, 0.15) is 5.75 Å². The first-order valence-electron chi connectivity index (χ1n) is 28.8. The molecule has 3 fully saturated rings. The second kappa shape index (κ2) is 23.3. The van der Waals surface area contributed by atoms with Gasteiger partial charge in [-0.1, -0.05) is 101 Å². The van der Waals surface area contributed by atoms with Gasteiger partial charge in [0.2, 0.25) is 0 Å². The Morgan fingerprint density at radius 2 is 1.70 bits per heavy atom.